The van der Waals surface area contributed by atoms with Crippen molar-refractivity contribution in [1.29, 1.82) is 0 Å². The third kappa shape index (κ3) is 4.70. The first-order chi connectivity index (χ1) is 2.27. The molecule has 0 aliphatic heterocycles. The van der Waals surface area contributed by atoms with E-state index in [2.05, 4.69) is 21.1 Å². The van der Waals surface area contributed by atoms with Crippen LogP contribution in [0.25, 0.3) is 0 Å². The van der Waals surface area contributed by atoms with E-state index in [1.54, 1.807) is 6.92 Å². The molecule has 0 aliphatic rings. The number of aliphatic hydroxyl groups is 1. The van der Waals surface area contributed by atoms with Gasteiger partial charge in [-0.2, -0.15) is 0 Å². The molecular weight excluding hydrogens is 160 g/mol. The van der Waals surface area contributed by atoms with Crippen molar-refractivity contribution in [2.75, 3.05) is 0 Å². The zero-order valence-corrected chi connectivity index (χ0v) is 4.52. The van der Waals surface area contributed by atoms with Gasteiger partial charge in [0, 0.05) is 0 Å². The SMILES string of the molecule is CC(O)[CH2][Ag]. The number of hydrogen-bond donors (Lipinski definition) is 1. The van der Waals surface area contributed by atoms with Gasteiger partial charge in [-0.1, -0.05) is 0 Å². The van der Waals surface area contributed by atoms with Gasteiger partial charge in [0.15, 0.2) is 0 Å². The summed E-state index contributed by atoms with van der Waals surface area (Å²) in [6.45, 7) is 1.73. The average molecular weight is 167 g/mol. The molecular formula is C3H7AgO. The van der Waals surface area contributed by atoms with E-state index >= 15 is 0 Å². The molecule has 0 bridgehead atoms. The molecule has 0 aromatic heterocycles. The van der Waals surface area contributed by atoms with Crippen molar-refractivity contribution in [3.8, 4) is 0 Å². The Labute approximate surface area is 44.3 Å². The van der Waals surface area contributed by atoms with Crippen molar-refractivity contribution in [1.82, 2.24) is 0 Å². The van der Waals surface area contributed by atoms with Gasteiger partial charge in [-0.15, -0.1) is 0 Å². The Morgan fingerprint density at radius 1 is 2.00 bits per heavy atom. The summed E-state index contributed by atoms with van der Waals surface area (Å²) in [5.74, 6) is 0. The second-order valence-electron chi connectivity index (χ2n) is 0.972. The summed E-state index contributed by atoms with van der Waals surface area (Å²) in [5.41, 5.74) is 0. The molecule has 0 rings (SSSR count). The van der Waals surface area contributed by atoms with Crippen molar-refractivity contribution in [2.45, 2.75) is 17.7 Å². The average Bonchev–Trinajstić information content (AvgIpc) is 1.38. The van der Waals surface area contributed by atoms with E-state index in [4.69, 9.17) is 5.11 Å². The zero-order valence-electron chi connectivity index (χ0n) is 3.03. The first-order valence-electron chi connectivity index (χ1n) is 1.46. The quantitative estimate of drug-likeness (QED) is 0.558. The van der Waals surface area contributed by atoms with Crippen molar-refractivity contribution in [3.05, 3.63) is 0 Å². The Morgan fingerprint density at radius 2 is 2.20 bits per heavy atom. The van der Waals surface area contributed by atoms with E-state index in [-0.39, 0.29) is 6.10 Å². The van der Waals surface area contributed by atoms with Crippen LogP contribution in [-0.4, -0.2) is 11.2 Å². The number of hydrogen-bond acceptors (Lipinski definition) is 1. The van der Waals surface area contributed by atoms with Crippen molar-refractivity contribution in [2.24, 2.45) is 0 Å². The second-order valence-corrected chi connectivity index (χ2v) is 1.58. The van der Waals surface area contributed by atoms with E-state index in [9.17, 15) is 0 Å². The second kappa shape index (κ2) is 2.91. The van der Waals surface area contributed by atoms with Gasteiger partial charge in [0.2, 0.25) is 0 Å². The molecule has 0 aromatic rings. The summed E-state index contributed by atoms with van der Waals surface area (Å²) < 4.78 is 0.671. The van der Waals surface area contributed by atoms with Crippen LogP contribution in [0.3, 0.4) is 0 Å². The Morgan fingerprint density at radius 3 is 2.20 bits per heavy atom. The van der Waals surface area contributed by atoms with Crippen molar-refractivity contribution in [3.63, 3.8) is 0 Å². The topological polar surface area (TPSA) is 20.2 Å². The molecule has 1 N–H and O–H groups in total. The van der Waals surface area contributed by atoms with Crippen LogP contribution >= 0.6 is 0 Å². The molecule has 0 spiro atoms. The minimum absolute atomic E-state index is 0.200. The molecule has 2 heteroatoms. The molecule has 1 atom stereocenters. The van der Waals surface area contributed by atoms with Crippen molar-refractivity contribution < 1.29 is 26.2 Å². The molecule has 0 saturated carbocycles. The van der Waals surface area contributed by atoms with E-state index in [0.29, 0.717) is 4.64 Å². The summed E-state index contributed by atoms with van der Waals surface area (Å²) in [5, 5.41) is 8.31. The number of aliphatic hydroxyl groups excluding tert-OH is 1. The van der Waals surface area contributed by atoms with E-state index in [0.717, 1.165) is 0 Å². The summed E-state index contributed by atoms with van der Waals surface area (Å²) in [6.07, 6.45) is -0.200. The van der Waals surface area contributed by atoms with Crippen molar-refractivity contribution >= 4 is 0 Å². The molecule has 1 unspecified atom stereocenters. The van der Waals surface area contributed by atoms with Crippen LogP contribution in [0.1, 0.15) is 6.92 Å². The van der Waals surface area contributed by atoms with Crippen LogP contribution in [0.4, 0.5) is 0 Å². The fourth-order valence-corrected chi connectivity index (χ4v) is 0. The van der Waals surface area contributed by atoms with Crippen LogP contribution in [0, 0.1) is 0 Å². The van der Waals surface area contributed by atoms with Gasteiger partial charge in [-0.05, 0) is 0 Å². The van der Waals surface area contributed by atoms with E-state index in [1.807, 2.05) is 0 Å². The van der Waals surface area contributed by atoms with Gasteiger partial charge in [0.25, 0.3) is 0 Å². The fourth-order valence-electron chi connectivity index (χ4n) is 0. The third-order valence-corrected chi connectivity index (χ3v) is 1.05. The molecule has 1 nitrogen and oxygen atoms in total. The molecule has 0 radical (unpaired) electrons. The minimum atomic E-state index is -0.200. The Kier molecular flexibility index (Phi) is 3.32. The molecule has 36 valence electrons. The normalized spacial score (nSPS) is 15.2. The molecule has 0 amide bonds. The Bertz CT molecular complexity index is 20.9. The van der Waals surface area contributed by atoms with Gasteiger partial charge in [0.05, 0.1) is 0 Å². The molecule has 0 fully saturated rings. The van der Waals surface area contributed by atoms with Gasteiger partial charge in [-0.3, -0.25) is 0 Å². The van der Waals surface area contributed by atoms with E-state index in [1.165, 1.54) is 0 Å². The number of rotatable bonds is 1. The predicted molar refractivity (Wildman–Crippen MR) is 16.5 cm³/mol. The van der Waals surface area contributed by atoms with Crippen LogP contribution < -0.4 is 0 Å². The van der Waals surface area contributed by atoms with Crippen LogP contribution in [0.2, 0.25) is 4.64 Å². The van der Waals surface area contributed by atoms with Gasteiger partial charge in [-0.25, -0.2) is 0 Å². The molecule has 0 aliphatic carbocycles. The fraction of sp³-hybridized carbons (Fsp3) is 1.00. The molecule has 0 saturated heterocycles. The third-order valence-electron chi connectivity index (χ3n) is 0.178. The first kappa shape index (κ1) is 5.70. The van der Waals surface area contributed by atoms with Gasteiger partial charge < -0.3 is 0 Å². The first-order valence-corrected chi connectivity index (χ1v) is 2.51. The molecule has 0 aromatic carbocycles. The Hall–Kier alpha value is 0.700. The molecule has 5 heavy (non-hydrogen) atoms. The van der Waals surface area contributed by atoms with Gasteiger partial charge in [0.1, 0.15) is 0 Å². The maximum absolute atomic E-state index is 8.31. The summed E-state index contributed by atoms with van der Waals surface area (Å²) in [6, 6.07) is 0. The summed E-state index contributed by atoms with van der Waals surface area (Å²) >= 11 is 3.08. The van der Waals surface area contributed by atoms with Crippen LogP contribution in [-0.2, 0) is 21.1 Å². The molecule has 0 heterocycles. The van der Waals surface area contributed by atoms with Crippen LogP contribution in [0.5, 0.6) is 0 Å². The maximum atomic E-state index is 8.31. The van der Waals surface area contributed by atoms with Crippen LogP contribution in [0.15, 0.2) is 0 Å². The summed E-state index contributed by atoms with van der Waals surface area (Å²) in [4.78, 5) is 0. The Balaban J connectivity index is 2.54. The van der Waals surface area contributed by atoms with Gasteiger partial charge >= 0.3 is 43.8 Å². The zero-order chi connectivity index (χ0) is 4.28. The summed E-state index contributed by atoms with van der Waals surface area (Å²) in [7, 11) is 0. The standard InChI is InChI=1S/C3H7O.Ag/c1-3(2)4;/h3-4H,1H2,2H3;. The monoisotopic (exact) mass is 166 g/mol. The van der Waals surface area contributed by atoms with E-state index < -0.39 is 0 Å². The predicted octanol–water partition coefficient (Wildman–Crippen LogP) is 0.332.